The summed E-state index contributed by atoms with van der Waals surface area (Å²) in [6, 6.07) is 9.87. The molecule has 10 heteroatoms. The van der Waals surface area contributed by atoms with Gasteiger partial charge in [0.1, 0.15) is 17.6 Å². The molecule has 3 aromatic rings. The number of likely N-dealkylation sites (tertiary alicyclic amines) is 1. The molecule has 238 valence electrons. The third-order valence-electron chi connectivity index (χ3n) is 8.12. The van der Waals surface area contributed by atoms with Crippen molar-refractivity contribution in [1.82, 2.24) is 20.1 Å². The van der Waals surface area contributed by atoms with Crippen LogP contribution < -0.4 is 15.4 Å². The molecule has 3 heterocycles. The van der Waals surface area contributed by atoms with Gasteiger partial charge in [-0.2, -0.15) is 0 Å². The number of amides is 1. The van der Waals surface area contributed by atoms with Crippen molar-refractivity contribution in [2.24, 2.45) is 5.92 Å². The Labute approximate surface area is 264 Å². The van der Waals surface area contributed by atoms with Crippen LogP contribution in [0.1, 0.15) is 81.8 Å². The van der Waals surface area contributed by atoms with Crippen LogP contribution in [0.25, 0.3) is 22.2 Å². The van der Waals surface area contributed by atoms with Crippen molar-refractivity contribution in [3.05, 3.63) is 52.0 Å². The Kier molecular flexibility index (Phi) is 9.89. The molecule has 0 saturated carbocycles. The Morgan fingerprint density at radius 1 is 1.14 bits per heavy atom. The van der Waals surface area contributed by atoms with Gasteiger partial charge in [-0.3, -0.25) is 15.0 Å². The Morgan fingerprint density at radius 2 is 1.89 bits per heavy atom. The zero-order valence-corrected chi connectivity index (χ0v) is 27.2. The van der Waals surface area contributed by atoms with Crippen molar-refractivity contribution in [3.8, 4) is 17.0 Å². The molecular weight excluding hydrogens is 580 g/mol. The molecule has 1 aromatic heterocycles. The number of hydrogen-bond donors (Lipinski definition) is 3. The van der Waals surface area contributed by atoms with E-state index in [2.05, 4.69) is 27.7 Å². The van der Waals surface area contributed by atoms with E-state index in [9.17, 15) is 14.7 Å². The number of hydrogen-bond acceptors (Lipinski definition) is 7. The van der Waals surface area contributed by atoms with Crippen molar-refractivity contribution in [2.75, 3.05) is 26.2 Å². The predicted octanol–water partition coefficient (Wildman–Crippen LogP) is 6.31. The summed E-state index contributed by atoms with van der Waals surface area (Å²) in [6.07, 6.45) is 3.24. The highest BCUT2D eigenvalue weighted by Crippen LogP contribution is 2.42. The van der Waals surface area contributed by atoms with Gasteiger partial charge in [-0.25, -0.2) is 9.36 Å². The number of carbonyl (C=O) groups excluding carboxylic acids is 2. The second-order valence-corrected chi connectivity index (χ2v) is 13.6. The van der Waals surface area contributed by atoms with E-state index in [1.807, 2.05) is 46.8 Å². The molecule has 44 heavy (non-hydrogen) atoms. The van der Waals surface area contributed by atoms with Gasteiger partial charge < -0.3 is 19.9 Å². The number of aliphatic hydroxyl groups is 1. The highest BCUT2D eigenvalue weighted by molar-refractivity contribution is 6.34. The van der Waals surface area contributed by atoms with Gasteiger partial charge in [0.2, 0.25) is 0 Å². The minimum absolute atomic E-state index is 0.104. The van der Waals surface area contributed by atoms with Crippen LogP contribution in [-0.2, 0) is 17.8 Å². The lowest BCUT2D eigenvalue weighted by atomic mass is 9.99. The molecule has 5 rings (SSSR count). The van der Waals surface area contributed by atoms with Gasteiger partial charge in [0, 0.05) is 36.1 Å². The lowest BCUT2D eigenvalue weighted by Crippen LogP contribution is -2.34. The Hall–Kier alpha value is -3.11. The number of rotatable bonds is 10. The molecule has 1 saturated heterocycles. The first-order valence-corrected chi connectivity index (χ1v) is 16.1. The van der Waals surface area contributed by atoms with Crippen LogP contribution in [-0.4, -0.2) is 64.6 Å². The van der Waals surface area contributed by atoms with Crippen LogP contribution in [0.5, 0.6) is 5.75 Å². The van der Waals surface area contributed by atoms with E-state index >= 15 is 0 Å². The first-order chi connectivity index (χ1) is 20.9. The summed E-state index contributed by atoms with van der Waals surface area (Å²) < 4.78 is 13.6. The number of halogens is 1. The average molecular weight is 625 g/mol. The third kappa shape index (κ3) is 7.23. The number of benzene rings is 2. The van der Waals surface area contributed by atoms with Crippen LogP contribution in [0, 0.1) is 5.92 Å². The number of piperidine rings is 1. The maximum Gasteiger partial charge on any atom is 0.419 e. The van der Waals surface area contributed by atoms with E-state index < -0.39 is 17.9 Å². The van der Waals surface area contributed by atoms with Crippen LogP contribution in [0.4, 0.5) is 4.79 Å². The van der Waals surface area contributed by atoms with Crippen LogP contribution in [0.3, 0.4) is 0 Å². The molecule has 3 N–H and O–H groups in total. The number of nitrogens with zero attached hydrogens (tertiary/aromatic N) is 2. The lowest BCUT2D eigenvalue weighted by Gasteiger charge is -2.26. The fourth-order valence-corrected chi connectivity index (χ4v) is 6.13. The quantitative estimate of drug-likeness (QED) is 0.179. The van der Waals surface area contributed by atoms with E-state index in [0.717, 1.165) is 25.0 Å². The van der Waals surface area contributed by atoms with E-state index in [1.165, 1.54) is 24.8 Å². The SMILES string of the molecule is CC(C)C(O)NCCCOc1cc(-c2cc3cc(CN4CCCCC4)ccc3n2C(=O)OC(C)(C)C)c2c(c1Cl)CNC2=O. The zero-order chi connectivity index (χ0) is 31.6. The minimum atomic E-state index is -0.718. The van der Waals surface area contributed by atoms with Crippen LogP contribution in [0.15, 0.2) is 30.3 Å². The average Bonchev–Trinajstić information content (AvgIpc) is 3.54. The summed E-state index contributed by atoms with van der Waals surface area (Å²) in [4.78, 5) is 29.4. The second-order valence-electron chi connectivity index (χ2n) is 13.2. The molecule has 0 bridgehead atoms. The number of carbonyl (C=O) groups is 2. The molecule has 1 amide bonds. The smallest absolute Gasteiger partial charge is 0.419 e. The minimum Gasteiger partial charge on any atom is -0.492 e. The molecular formula is C34H45ClN4O5. The monoisotopic (exact) mass is 624 g/mol. The van der Waals surface area contributed by atoms with Gasteiger partial charge in [0.15, 0.2) is 0 Å². The Morgan fingerprint density at radius 3 is 2.59 bits per heavy atom. The topological polar surface area (TPSA) is 105 Å². The summed E-state index contributed by atoms with van der Waals surface area (Å²) in [5, 5.41) is 17.3. The van der Waals surface area contributed by atoms with E-state index in [1.54, 1.807) is 10.6 Å². The standard InChI is InChI=1S/C34H45ClN4O5/c1-21(2)31(40)36-12-9-15-43-28-18-24(29-25(30(28)35)19-37-32(29)41)27-17-23-16-22(20-38-13-7-6-8-14-38)10-11-26(23)39(27)33(42)44-34(3,4)5/h10-11,16-18,21,31,36,40H,6-9,12-15,19-20H2,1-5H3,(H,37,41). The highest BCUT2D eigenvalue weighted by atomic mass is 35.5. The molecule has 0 spiro atoms. The molecule has 1 atom stereocenters. The normalized spacial score (nSPS) is 16.3. The molecule has 0 aliphatic carbocycles. The summed E-state index contributed by atoms with van der Waals surface area (Å²) in [6.45, 7) is 13.6. The van der Waals surface area contributed by atoms with Gasteiger partial charge >= 0.3 is 6.09 Å². The van der Waals surface area contributed by atoms with Gasteiger partial charge in [0.25, 0.3) is 5.91 Å². The highest BCUT2D eigenvalue weighted by Gasteiger charge is 2.32. The number of nitrogens with one attached hydrogen (secondary N) is 2. The van der Waals surface area contributed by atoms with Gasteiger partial charge in [0.05, 0.1) is 28.4 Å². The van der Waals surface area contributed by atoms with E-state index in [-0.39, 0.29) is 18.4 Å². The van der Waals surface area contributed by atoms with Crippen molar-refractivity contribution < 1.29 is 24.2 Å². The Bertz CT molecular complexity index is 1520. The van der Waals surface area contributed by atoms with E-state index in [4.69, 9.17) is 21.1 Å². The maximum atomic E-state index is 13.8. The molecule has 0 radical (unpaired) electrons. The summed E-state index contributed by atoms with van der Waals surface area (Å²) in [7, 11) is 0. The molecule has 2 aliphatic rings. The van der Waals surface area contributed by atoms with Gasteiger partial charge in [-0.05, 0) is 88.9 Å². The Balaban J connectivity index is 1.54. The fraction of sp³-hybridized carbons (Fsp3) is 0.529. The van der Waals surface area contributed by atoms with Gasteiger partial charge in [-0.15, -0.1) is 0 Å². The predicted molar refractivity (Wildman–Crippen MR) is 173 cm³/mol. The van der Waals surface area contributed by atoms with Crippen molar-refractivity contribution >= 4 is 34.5 Å². The van der Waals surface area contributed by atoms with Crippen molar-refractivity contribution in [3.63, 3.8) is 0 Å². The summed E-state index contributed by atoms with van der Waals surface area (Å²) >= 11 is 6.79. The summed E-state index contributed by atoms with van der Waals surface area (Å²) in [5.74, 6) is 0.294. The lowest BCUT2D eigenvalue weighted by molar-refractivity contribution is 0.0546. The van der Waals surface area contributed by atoms with Crippen molar-refractivity contribution in [1.29, 1.82) is 0 Å². The third-order valence-corrected chi connectivity index (χ3v) is 8.53. The fourth-order valence-electron chi connectivity index (χ4n) is 5.86. The molecule has 2 aliphatic heterocycles. The molecule has 2 aromatic carbocycles. The number of aliphatic hydroxyl groups excluding tert-OH is 1. The molecule has 1 fully saturated rings. The summed E-state index contributed by atoms with van der Waals surface area (Å²) in [5.41, 5.74) is 3.34. The van der Waals surface area contributed by atoms with E-state index in [0.29, 0.717) is 58.2 Å². The molecule has 9 nitrogen and oxygen atoms in total. The van der Waals surface area contributed by atoms with Gasteiger partial charge in [-0.1, -0.05) is 37.9 Å². The largest absolute Gasteiger partial charge is 0.492 e. The molecule has 1 unspecified atom stereocenters. The number of ether oxygens (including phenoxy) is 2. The van der Waals surface area contributed by atoms with Crippen molar-refractivity contribution in [2.45, 2.75) is 85.2 Å². The number of aromatic nitrogens is 1. The first kappa shape index (κ1) is 32.3. The van der Waals surface area contributed by atoms with Crippen LogP contribution >= 0.6 is 11.6 Å². The maximum absolute atomic E-state index is 13.8. The van der Waals surface area contributed by atoms with Crippen LogP contribution in [0.2, 0.25) is 5.02 Å². The number of fused-ring (bicyclic) bond motifs is 2. The zero-order valence-electron chi connectivity index (χ0n) is 26.5. The second kappa shape index (κ2) is 13.5. The first-order valence-electron chi connectivity index (χ1n) is 15.7.